The lowest BCUT2D eigenvalue weighted by atomic mass is 10.2. The summed E-state index contributed by atoms with van der Waals surface area (Å²) in [7, 11) is 0. The second-order valence-electron chi connectivity index (χ2n) is 3.52. The number of aliphatic carboxylic acids is 1. The van der Waals surface area contributed by atoms with Crippen molar-refractivity contribution in [3.05, 3.63) is 47.0 Å². The van der Waals surface area contributed by atoms with Gasteiger partial charge in [0.1, 0.15) is 11.5 Å². The summed E-state index contributed by atoms with van der Waals surface area (Å²) in [4.78, 5) is 10.6. The molecule has 0 aliphatic carbocycles. The van der Waals surface area contributed by atoms with Crippen molar-refractivity contribution in [2.75, 3.05) is 0 Å². The van der Waals surface area contributed by atoms with Gasteiger partial charge in [-0.05, 0) is 13.0 Å². The number of hydrazine groups is 1. The van der Waals surface area contributed by atoms with Crippen LogP contribution in [0.2, 0.25) is 0 Å². The minimum atomic E-state index is -1.26. The Morgan fingerprint density at radius 1 is 1.47 bits per heavy atom. The van der Waals surface area contributed by atoms with Crippen LogP contribution in [-0.2, 0) is 11.3 Å². The first kappa shape index (κ1) is 13.0. The minimum absolute atomic E-state index is 0.0481. The van der Waals surface area contributed by atoms with Gasteiger partial charge in [-0.1, -0.05) is 18.2 Å². The predicted octanol–water partition coefficient (Wildman–Crippen LogP) is 0.776. The number of nitrogens with zero attached hydrogens (tertiary/aromatic N) is 1. The molecule has 0 amide bonds. The normalized spacial score (nSPS) is 11.9. The number of rotatable bonds is 4. The van der Waals surface area contributed by atoms with E-state index in [0.29, 0.717) is 5.56 Å². The lowest BCUT2D eigenvalue weighted by Gasteiger charge is -2.20. The van der Waals surface area contributed by atoms with E-state index in [1.807, 2.05) is 0 Å². The van der Waals surface area contributed by atoms with Crippen LogP contribution in [0.5, 0.6) is 0 Å². The highest BCUT2D eigenvalue weighted by Crippen LogP contribution is 2.11. The summed E-state index contributed by atoms with van der Waals surface area (Å²) in [6.45, 7) is 1.51. The van der Waals surface area contributed by atoms with Gasteiger partial charge >= 0.3 is 5.97 Å². The number of halogens is 1. The average molecular weight is 239 g/mol. The van der Waals surface area contributed by atoms with E-state index in [1.54, 1.807) is 18.2 Å². The first-order valence-corrected chi connectivity index (χ1v) is 4.88. The average Bonchev–Trinajstić information content (AvgIpc) is 2.30. The van der Waals surface area contributed by atoms with Crippen molar-refractivity contribution in [3.63, 3.8) is 0 Å². The molecule has 1 aromatic carbocycles. The molecule has 6 heteroatoms. The quantitative estimate of drug-likeness (QED) is 0.410. The third kappa shape index (κ3) is 3.18. The molecule has 1 rings (SSSR count). The van der Waals surface area contributed by atoms with E-state index in [2.05, 4.69) is 0 Å². The van der Waals surface area contributed by atoms with Crippen LogP contribution in [-0.4, -0.2) is 16.1 Å². The van der Waals surface area contributed by atoms with Gasteiger partial charge in [0.25, 0.3) is 0 Å². The van der Waals surface area contributed by atoms with Crippen LogP contribution in [0.15, 0.2) is 35.7 Å². The Kier molecular flexibility index (Phi) is 4.06. The Labute approximate surface area is 98.1 Å². The molecule has 5 nitrogen and oxygen atoms in total. The molecule has 0 heterocycles. The molecule has 0 bridgehead atoms. The fraction of sp³-hybridized carbons (Fsp3) is 0.182. The number of carboxylic acid groups (broad SMARTS) is 1. The van der Waals surface area contributed by atoms with Gasteiger partial charge in [-0.25, -0.2) is 15.0 Å². The Morgan fingerprint density at radius 3 is 2.59 bits per heavy atom. The summed E-state index contributed by atoms with van der Waals surface area (Å²) in [6, 6.07) is 6.11. The lowest BCUT2D eigenvalue weighted by molar-refractivity contribution is -0.132. The number of benzene rings is 1. The van der Waals surface area contributed by atoms with Crippen molar-refractivity contribution < 1.29 is 14.3 Å². The molecule has 5 N–H and O–H groups in total. The van der Waals surface area contributed by atoms with E-state index in [4.69, 9.17) is 16.7 Å². The summed E-state index contributed by atoms with van der Waals surface area (Å²) in [5, 5.41) is 9.78. The molecule has 0 aliphatic rings. The summed E-state index contributed by atoms with van der Waals surface area (Å²) >= 11 is 0. The summed E-state index contributed by atoms with van der Waals surface area (Å²) in [6.07, 6.45) is 0. The van der Waals surface area contributed by atoms with E-state index in [9.17, 15) is 9.18 Å². The smallest absolute Gasteiger partial charge is 0.353 e. The van der Waals surface area contributed by atoms with Crippen molar-refractivity contribution in [2.45, 2.75) is 13.5 Å². The highest BCUT2D eigenvalue weighted by molar-refractivity contribution is 5.86. The third-order valence-electron chi connectivity index (χ3n) is 2.35. The van der Waals surface area contributed by atoms with Crippen molar-refractivity contribution in [3.8, 4) is 0 Å². The van der Waals surface area contributed by atoms with Gasteiger partial charge in [0.2, 0.25) is 0 Å². The fourth-order valence-electron chi connectivity index (χ4n) is 1.24. The zero-order valence-electron chi connectivity index (χ0n) is 9.35. The fourth-order valence-corrected chi connectivity index (χ4v) is 1.24. The molecular formula is C11H14FN3O2. The molecule has 0 atom stereocenters. The van der Waals surface area contributed by atoms with E-state index in [1.165, 1.54) is 13.0 Å². The van der Waals surface area contributed by atoms with Crippen LogP contribution in [0.3, 0.4) is 0 Å². The Bertz CT molecular complexity index is 460. The van der Waals surface area contributed by atoms with Crippen molar-refractivity contribution >= 4 is 5.97 Å². The molecular weight excluding hydrogens is 225 g/mol. The summed E-state index contributed by atoms with van der Waals surface area (Å²) in [5.74, 6) is 3.97. The maximum atomic E-state index is 13.3. The number of nitrogens with two attached hydrogens (primary N) is 2. The number of hydrogen-bond acceptors (Lipinski definition) is 4. The van der Waals surface area contributed by atoms with Gasteiger partial charge in [-0.15, -0.1) is 0 Å². The predicted molar refractivity (Wildman–Crippen MR) is 60.7 cm³/mol. The van der Waals surface area contributed by atoms with E-state index in [0.717, 1.165) is 5.01 Å². The number of carboxylic acids is 1. The second kappa shape index (κ2) is 5.31. The summed E-state index contributed by atoms with van der Waals surface area (Å²) in [5.41, 5.74) is 5.51. The lowest BCUT2D eigenvalue weighted by Crippen LogP contribution is -2.32. The highest BCUT2D eigenvalue weighted by Gasteiger charge is 2.12. The van der Waals surface area contributed by atoms with Crippen LogP contribution in [0.1, 0.15) is 12.5 Å². The van der Waals surface area contributed by atoms with Gasteiger partial charge in [-0.2, -0.15) is 0 Å². The van der Waals surface area contributed by atoms with Gasteiger partial charge in [0.15, 0.2) is 0 Å². The van der Waals surface area contributed by atoms with Crippen LogP contribution in [0, 0.1) is 5.82 Å². The largest absolute Gasteiger partial charge is 0.477 e. The van der Waals surface area contributed by atoms with Crippen LogP contribution >= 0.6 is 0 Å². The van der Waals surface area contributed by atoms with E-state index in [-0.39, 0.29) is 17.9 Å². The maximum Gasteiger partial charge on any atom is 0.353 e. The first-order valence-electron chi connectivity index (χ1n) is 4.88. The zero-order valence-corrected chi connectivity index (χ0v) is 9.35. The van der Waals surface area contributed by atoms with Gasteiger partial charge in [0, 0.05) is 5.56 Å². The number of allylic oxidation sites excluding steroid dienone is 1. The Hall–Kier alpha value is -2.08. The summed E-state index contributed by atoms with van der Waals surface area (Å²) < 4.78 is 13.3. The van der Waals surface area contributed by atoms with Crippen molar-refractivity contribution in [1.29, 1.82) is 0 Å². The molecule has 0 fully saturated rings. The highest BCUT2D eigenvalue weighted by atomic mass is 19.1. The maximum absolute atomic E-state index is 13.3. The standard InChI is InChI=1S/C11H14FN3O2/c1-7(10(13)11(16)17)15(14)6-8-4-2-3-5-9(8)12/h2-5H,6,13-14H2,1H3,(H,16,17)/b10-7-. The van der Waals surface area contributed by atoms with Gasteiger partial charge in [0.05, 0.1) is 12.2 Å². The Balaban J connectivity index is 2.87. The molecule has 0 spiro atoms. The minimum Gasteiger partial charge on any atom is -0.477 e. The molecule has 0 aliphatic heterocycles. The molecule has 0 saturated heterocycles. The van der Waals surface area contributed by atoms with Crippen LogP contribution in [0.25, 0.3) is 0 Å². The van der Waals surface area contributed by atoms with Crippen LogP contribution < -0.4 is 11.6 Å². The van der Waals surface area contributed by atoms with Gasteiger partial charge in [-0.3, -0.25) is 0 Å². The molecule has 0 saturated carbocycles. The first-order chi connectivity index (χ1) is 7.93. The van der Waals surface area contributed by atoms with Crippen LogP contribution in [0.4, 0.5) is 4.39 Å². The van der Waals surface area contributed by atoms with Crippen molar-refractivity contribution in [2.24, 2.45) is 11.6 Å². The second-order valence-corrected chi connectivity index (χ2v) is 3.52. The monoisotopic (exact) mass is 239 g/mol. The SMILES string of the molecule is C/C(=C(/N)C(=O)O)N(N)Cc1ccccc1F. The molecule has 0 aromatic heterocycles. The number of carbonyl (C=O) groups is 1. The third-order valence-corrected chi connectivity index (χ3v) is 2.35. The van der Waals surface area contributed by atoms with E-state index >= 15 is 0 Å². The van der Waals surface area contributed by atoms with E-state index < -0.39 is 11.8 Å². The number of hydrogen-bond donors (Lipinski definition) is 3. The zero-order chi connectivity index (χ0) is 13.0. The molecule has 92 valence electrons. The molecule has 1 aromatic rings. The van der Waals surface area contributed by atoms with Gasteiger partial charge < -0.3 is 15.8 Å². The molecule has 0 radical (unpaired) electrons. The topological polar surface area (TPSA) is 92.6 Å². The van der Waals surface area contributed by atoms with Crippen molar-refractivity contribution in [1.82, 2.24) is 5.01 Å². The molecule has 0 unspecified atom stereocenters. The Morgan fingerprint density at radius 2 is 2.06 bits per heavy atom. The molecule has 17 heavy (non-hydrogen) atoms.